The zero-order chi connectivity index (χ0) is 16.4. The fraction of sp³-hybridized carbons (Fsp3) is 0.235. The Kier molecular flexibility index (Phi) is 4.43. The van der Waals surface area contributed by atoms with E-state index < -0.39 is 0 Å². The van der Waals surface area contributed by atoms with E-state index in [1.165, 1.54) is 23.9 Å². The van der Waals surface area contributed by atoms with Crippen LogP contribution >= 0.6 is 11.8 Å². The summed E-state index contributed by atoms with van der Waals surface area (Å²) in [5.41, 5.74) is 1.52. The van der Waals surface area contributed by atoms with Crippen molar-refractivity contribution in [1.82, 2.24) is 0 Å². The molecule has 3 rings (SSSR count). The van der Waals surface area contributed by atoms with Gasteiger partial charge in [0.1, 0.15) is 11.2 Å². The van der Waals surface area contributed by atoms with Crippen molar-refractivity contribution in [2.75, 3.05) is 24.9 Å². The molecule has 1 unspecified atom stereocenters. The lowest BCUT2D eigenvalue weighted by molar-refractivity contribution is -0.115. The molecule has 0 bridgehead atoms. The molecular weight excluding hydrogens is 317 g/mol. The lowest BCUT2D eigenvalue weighted by Crippen LogP contribution is -2.28. The molecule has 2 aromatic carbocycles. The molecule has 1 heterocycles. The van der Waals surface area contributed by atoms with Crippen molar-refractivity contribution >= 4 is 23.4 Å². The van der Waals surface area contributed by atoms with E-state index in [1.807, 2.05) is 18.2 Å². The average Bonchev–Trinajstić information content (AvgIpc) is 2.96. The molecule has 1 aliphatic heterocycles. The highest BCUT2D eigenvalue weighted by molar-refractivity contribution is 8.00. The number of rotatable bonds is 4. The lowest BCUT2D eigenvalue weighted by atomic mass is 10.1. The number of amides is 1. The van der Waals surface area contributed by atoms with Gasteiger partial charge in [-0.2, -0.15) is 0 Å². The number of hydrogen-bond donors (Lipinski definition) is 0. The van der Waals surface area contributed by atoms with Crippen molar-refractivity contribution in [3.05, 3.63) is 53.8 Å². The summed E-state index contributed by atoms with van der Waals surface area (Å²) in [5, 5.41) is -0.238. The summed E-state index contributed by atoms with van der Waals surface area (Å²) in [4.78, 5) is 14.0. The van der Waals surface area contributed by atoms with E-state index >= 15 is 0 Å². The molecule has 4 nitrogen and oxygen atoms in total. The van der Waals surface area contributed by atoms with Crippen LogP contribution in [0, 0.1) is 5.82 Å². The second-order valence-electron chi connectivity index (χ2n) is 4.99. The Morgan fingerprint density at radius 1 is 1.13 bits per heavy atom. The molecule has 0 radical (unpaired) electrons. The molecule has 1 amide bonds. The van der Waals surface area contributed by atoms with Crippen LogP contribution < -0.4 is 14.4 Å². The first kappa shape index (κ1) is 15.7. The number of carbonyl (C=O) groups excluding carboxylic acids is 1. The van der Waals surface area contributed by atoms with Crippen molar-refractivity contribution < 1.29 is 18.7 Å². The van der Waals surface area contributed by atoms with Gasteiger partial charge in [0.25, 0.3) is 0 Å². The molecule has 1 aliphatic rings. The number of nitrogens with zero attached hydrogens (tertiary/aromatic N) is 1. The van der Waals surface area contributed by atoms with E-state index in [4.69, 9.17) is 9.47 Å². The van der Waals surface area contributed by atoms with E-state index in [2.05, 4.69) is 0 Å². The maximum atomic E-state index is 13.2. The van der Waals surface area contributed by atoms with E-state index in [1.54, 1.807) is 31.3 Å². The molecule has 23 heavy (non-hydrogen) atoms. The van der Waals surface area contributed by atoms with E-state index in [9.17, 15) is 9.18 Å². The zero-order valence-electron chi connectivity index (χ0n) is 12.8. The largest absolute Gasteiger partial charge is 0.493 e. The van der Waals surface area contributed by atoms with E-state index in [0.29, 0.717) is 22.9 Å². The third-order valence-corrected chi connectivity index (χ3v) is 4.87. The fourth-order valence-electron chi connectivity index (χ4n) is 2.64. The Hall–Kier alpha value is -2.21. The van der Waals surface area contributed by atoms with Crippen molar-refractivity contribution in [1.29, 1.82) is 0 Å². The minimum Gasteiger partial charge on any atom is -0.493 e. The molecule has 1 saturated heterocycles. The van der Waals surface area contributed by atoms with Gasteiger partial charge in [0.2, 0.25) is 5.91 Å². The Morgan fingerprint density at radius 3 is 2.52 bits per heavy atom. The van der Waals surface area contributed by atoms with Gasteiger partial charge in [-0.05, 0) is 30.3 Å². The summed E-state index contributed by atoms with van der Waals surface area (Å²) >= 11 is 1.51. The monoisotopic (exact) mass is 333 g/mol. The number of thioether (sulfide) groups is 1. The van der Waals surface area contributed by atoms with Crippen LogP contribution in [0.4, 0.5) is 10.1 Å². The summed E-state index contributed by atoms with van der Waals surface area (Å²) in [7, 11) is 3.15. The molecule has 0 spiro atoms. The minimum atomic E-state index is -0.330. The summed E-state index contributed by atoms with van der Waals surface area (Å²) in [6.07, 6.45) is 0. The normalized spacial score (nSPS) is 17.4. The summed E-state index contributed by atoms with van der Waals surface area (Å²) < 4.78 is 24.0. The first-order chi connectivity index (χ1) is 11.2. The molecule has 0 saturated carbocycles. The Morgan fingerprint density at radius 2 is 1.87 bits per heavy atom. The Balaban J connectivity index is 2.05. The van der Waals surface area contributed by atoms with Crippen LogP contribution in [0.3, 0.4) is 0 Å². The first-order valence-corrected chi connectivity index (χ1v) is 8.10. The van der Waals surface area contributed by atoms with E-state index in [0.717, 1.165) is 5.56 Å². The maximum Gasteiger partial charge on any atom is 0.238 e. The highest BCUT2D eigenvalue weighted by Crippen LogP contribution is 2.47. The van der Waals surface area contributed by atoms with Crippen LogP contribution in [0.5, 0.6) is 11.5 Å². The maximum absolute atomic E-state index is 13.2. The predicted molar refractivity (Wildman–Crippen MR) is 88.6 cm³/mol. The molecule has 2 aromatic rings. The molecule has 0 aromatic heterocycles. The topological polar surface area (TPSA) is 38.8 Å². The van der Waals surface area contributed by atoms with Gasteiger partial charge in [0.15, 0.2) is 11.5 Å². The van der Waals surface area contributed by atoms with Gasteiger partial charge in [-0.25, -0.2) is 4.39 Å². The van der Waals surface area contributed by atoms with Gasteiger partial charge in [-0.3, -0.25) is 9.69 Å². The first-order valence-electron chi connectivity index (χ1n) is 7.06. The number of para-hydroxylation sites is 1. The van der Waals surface area contributed by atoms with Crippen molar-refractivity contribution in [2.45, 2.75) is 5.37 Å². The molecule has 0 aliphatic carbocycles. The van der Waals surface area contributed by atoms with Crippen LogP contribution in [0.25, 0.3) is 0 Å². The van der Waals surface area contributed by atoms with Crippen LogP contribution in [-0.4, -0.2) is 25.9 Å². The van der Waals surface area contributed by atoms with Gasteiger partial charge < -0.3 is 9.47 Å². The second-order valence-corrected chi connectivity index (χ2v) is 6.05. The number of benzene rings is 2. The Labute approximate surface area is 138 Å². The third kappa shape index (κ3) is 2.86. The number of halogens is 1. The van der Waals surface area contributed by atoms with E-state index in [-0.39, 0.29) is 17.1 Å². The average molecular weight is 333 g/mol. The van der Waals surface area contributed by atoms with Crippen LogP contribution in [0.15, 0.2) is 42.5 Å². The van der Waals surface area contributed by atoms with Crippen molar-refractivity contribution in [2.24, 2.45) is 0 Å². The lowest BCUT2D eigenvalue weighted by Gasteiger charge is -2.26. The van der Waals surface area contributed by atoms with Crippen molar-refractivity contribution in [3.8, 4) is 11.5 Å². The SMILES string of the molecule is COc1cccc(C2SCC(=O)N2c2ccc(F)cc2)c1OC. The third-order valence-electron chi connectivity index (χ3n) is 3.67. The number of carbonyl (C=O) groups is 1. The van der Waals surface area contributed by atoms with Crippen LogP contribution in [-0.2, 0) is 4.79 Å². The highest BCUT2D eigenvalue weighted by atomic mass is 32.2. The zero-order valence-corrected chi connectivity index (χ0v) is 13.6. The summed E-state index contributed by atoms with van der Waals surface area (Å²) in [5.74, 6) is 1.24. The van der Waals surface area contributed by atoms with Gasteiger partial charge in [-0.15, -0.1) is 11.8 Å². The van der Waals surface area contributed by atoms with Crippen LogP contribution in [0.1, 0.15) is 10.9 Å². The molecule has 120 valence electrons. The van der Waals surface area contributed by atoms with Crippen LogP contribution in [0.2, 0.25) is 0 Å². The molecular formula is C17H16FNO3S. The summed E-state index contributed by atoms with van der Waals surface area (Å²) in [6.45, 7) is 0. The van der Waals surface area contributed by atoms with Gasteiger partial charge in [-0.1, -0.05) is 12.1 Å². The van der Waals surface area contributed by atoms with Gasteiger partial charge in [0, 0.05) is 11.3 Å². The number of anilines is 1. The predicted octanol–water partition coefficient (Wildman–Crippen LogP) is 3.62. The standard InChI is InChI=1S/C17H16FNO3S/c1-21-14-5-3-4-13(16(14)22-2)17-19(15(20)10-23-17)12-8-6-11(18)7-9-12/h3-9,17H,10H2,1-2H3. The Bertz CT molecular complexity index is 720. The molecule has 0 N–H and O–H groups in total. The smallest absolute Gasteiger partial charge is 0.238 e. The number of methoxy groups -OCH3 is 2. The minimum absolute atomic E-state index is 0.0171. The molecule has 1 atom stereocenters. The highest BCUT2D eigenvalue weighted by Gasteiger charge is 2.36. The summed E-state index contributed by atoms with van der Waals surface area (Å²) in [6, 6.07) is 11.5. The quantitative estimate of drug-likeness (QED) is 0.857. The molecule has 6 heteroatoms. The molecule has 1 fully saturated rings. The van der Waals surface area contributed by atoms with Gasteiger partial charge in [0.05, 0.1) is 20.0 Å². The second kappa shape index (κ2) is 6.50. The number of ether oxygens (including phenoxy) is 2. The number of hydrogen-bond acceptors (Lipinski definition) is 4. The fourth-order valence-corrected chi connectivity index (χ4v) is 3.83. The van der Waals surface area contributed by atoms with Gasteiger partial charge >= 0.3 is 0 Å². The van der Waals surface area contributed by atoms with Crippen molar-refractivity contribution in [3.63, 3.8) is 0 Å².